The molecule has 0 N–H and O–H groups in total. The second-order valence-corrected chi connectivity index (χ2v) is 9.13. The van der Waals surface area contributed by atoms with Crippen LogP contribution in [0.15, 0.2) is 47.5 Å². The summed E-state index contributed by atoms with van der Waals surface area (Å²) >= 11 is -0.771. The van der Waals surface area contributed by atoms with Crippen molar-refractivity contribution in [1.82, 2.24) is 0 Å². The van der Waals surface area contributed by atoms with Crippen LogP contribution in [0.25, 0.3) is 0 Å². The van der Waals surface area contributed by atoms with Crippen molar-refractivity contribution in [3.8, 4) is 0 Å². The summed E-state index contributed by atoms with van der Waals surface area (Å²) in [7, 11) is 0. The summed E-state index contributed by atoms with van der Waals surface area (Å²) < 4.78 is 2.07. The first-order chi connectivity index (χ1) is 11.5. The zero-order valence-electron chi connectivity index (χ0n) is 14.9. The van der Waals surface area contributed by atoms with Crippen LogP contribution in [-0.4, -0.2) is 30.5 Å². The number of para-hydroxylation sites is 1. The zero-order valence-corrected chi connectivity index (χ0v) is 17.3. The topological polar surface area (TPSA) is 29.4 Å². The molecule has 0 atom stereocenters. The van der Waals surface area contributed by atoms with Gasteiger partial charge in [0.05, 0.1) is 0 Å². The Balaban J connectivity index is 2.36. The number of rotatable bonds is 7. The first kappa shape index (κ1) is 18.9. The number of unbranched alkanes of at least 4 members (excludes halogenated alkanes) is 1. The molecule has 0 radical (unpaired) electrons. The minimum absolute atomic E-state index is 0.225. The second kappa shape index (κ2) is 9.16. The fourth-order valence-electron chi connectivity index (χ4n) is 2.39. The van der Waals surface area contributed by atoms with Crippen molar-refractivity contribution in [2.45, 2.75) is 47.0 Å². The molecule has 2 rings (SSSR count). The number of aryl methyl sites for hydroxylation is 3. The monoisotopic (exact) mass is 437 g/mol. The van der Waals surface area contributed by atoms with Crippen molar-refractivity contribution in [3.05, 3.63) is 59.2 Å². The predicted octanol–water partition coefficient (Wildman–Crippen LogP) is 4.43. The molecule has 0 spiro atoms. The first-order valence-electron chi connectivity index (χ1n) is 8.44. The molecular formula is C21H25NOTe. The van der Waals surface area contributed by atoms with Crippen molar-refractivity contribution in [2.24, 2.45) is 4.99 Å². The van der Waals surface area contributed by atoms with E-state index in [2.05, 4.69) is 64.1 Å². The van der Waals surface area contributed by atoms with E-state index in [0.717, 1.165) is 33.4 Å². The van der Waals surface area contributed by atoms with Gasteiger partial charge in [0, 0.05) is 0 Å². The summed E-state index contributed by atoms with van der Waals surface area (Å²) in [6, 6.07) is 14.7. The molecule has 0 fully saturated rings. The van der Waals surface area contributed by atoms with Gasteiger partial charge in [-0.25, -0.2) is 0 Å². The van der Waals surface area contributed by atoms with E-state index in [1.54, 1.807) is 0 Å². The summed E-state index contributed by atoms with van der Waals surface area (Å²) in [6.45, 7) is 8.33. The molecule has 24 heavy (non-hydrogen) atoms. The molecule has 2 nitrogen and oxygen atoms in total. The maximum absolute atomic E-state index is 12.7. The zero-order chi connectivity index (χ0) is 17.5. The molecule has 0 saturated heterocycles. The first-order valence-corrected chi connectivity index (χ1v) is 10.8. The molecule has 0 bridgehead atoms. The van der Waals surface area contributed by atoms with Gasteiger partial charge in [-0.2, -0.15) is 0 Å². The Labute approximate surface area is 155 Å². The summed E-state index contributed by atoms with van der Waals surface area (Å²) in [5.74, 6) is 0.225. The van der Waals surface area contributed by atoms with Crippen LogP contribution in [0, 0.1) is 20.8 Å². The van der Waals surface area contributed by atoms with Crippen molar-refractivity contribution in [2.75, 3.05) is 0 Å². The molecule has 0 aromatic heterocycles. The minimum atomic E-state index is -0.771. The number of carbonyl (C=O) groups excluding carboxylic acids is 1. The number of hydrogen-bond donors (Lipinski definition) is 0. The van der Waals surface area contributed by atoms with E-state index in [1.165, 1.54) is 9.17 Å². The standard InChI is InChI=1S/C21H25NOTe/c1-5-6-10-19(23)21(24-18-13-11-15(2)12-14-18)22-20-16(3)8-7-9-17(20)4/h7-9,11-14H,5-6,10H2,1-4H3. The SMILES string of the molecule is CCCCC(=O)C(=Nc1c(C)cccc1C)[Te]c1ccc(C)cc1. The fourth-order valence-corrected chi connectivity index (χ4v) is 4.81. The molecule has 2 aromatic rings. The molecule has 0 aliphatic heterocycles. The molecule has 0 heterocycles. The Kier molecular flexibility index (Phi) is 7.21. The van der Waals surface area contributed by atoms with Crippen LogP contribution in [0.4, 0.5) is 5.69 Å². The average Bonchev–Trinajstić information content (AvgIpc) is 2.57. The van der Waals surface area contributed by atoms with Gasteiger partial charge in [-0.05, 0) is 0 Å². The molecule has 0 amide bonds. The molecular weight excluding hydrogens is 410 g/mol. The number of Topliss-reactive ketones (excluding diaryl/α,β-unsaturated/α-hetero) is 1. The quantitative estimate of drug-likeness (QED) is 0.468. The summed E-state index contributed by atoms with van der Waals surface area (Å²) in [4.78, 5) is 17.6. The normalized spacial score (nSPS) is 11.6. The van der Waals surface area contributed by atoms with Crippen molar-refractivity contribution < 1.29 is 4.79 Å². The second-order valence-electron chi connectivity index (χ2n) is 6.10. The Bertz CT molecular complexity index is 712. The maximum atomic E-state index is 12.7. The van der Waals surface area contributed by atoms with Crippen LogP contribution in [-0.2, 0) is 4.79 Å². The number of hydrogen-bond acceptors (Lipinski definition) is 2. The Morgan fingerprint density at radius 2 is 1.62 bits per heavy atom. The number of ketones is 1. The summed E-state index contributed by atoms with van der Waals surface area (Å²) in [6.07, 6.45) is 2.58. The van der Waals surface area contributed by atoms with Gasteiger partial charge in [0.25, 0.3) is 0 Å². The van der Waals surface area contributed by atoms with E-state index in [1.807, 2.05) is 6.07 Å². The molecule has 0 aliphatic carbocycles. The molecule has 126 valence electrons. The Morgan fingerprint density at radius 1 is 1.00 bits per heavy atom. The van der Waals surface area contributed by atoms with Crippen LogP contribution in [0.1, 0.15) is 42.9 Å². The third-order valence-corrected chi connectivity index (χ3v) is 6.80. The summed E-state index contributed by atoms with van der Waals surface area (Å²) in [5.41, 5.74) is 4.48. The molecule has 3 heteroatoms. The molecule has 2 aromatic carbocycles. The van der Waals surface area contributed by atoms with E-state index in [4.69, 9.17) is 4.99 Å². The van der Waals surface area contributed by atoms with Crippen LogP contribution in [0.2, 0.25) is 0 Å². The van der Waals surface area contributed by atoms with Crippen molar-refractivity contribution in [1.29, 1.82) is 0 Å². The van der Waals surface area contributed by atoms with Gasteiger partial charge in [0.1, 0.15) is 0 Å². The van der Waals surface area contributed by atoms with Gasteiger partial charge in [0.15, 0.2) is 0 Å². The van der Waals surface area contributed by atoms with Crippen molar-refractivity contribution >= 4 is 39.8 Å². The van der Waals surface area contributed by atoms with Gasteiger partial charge >= 0.3 is 156 Å². The van der Waals surface area contributed by atoms with Gasteiger partial charge in [-0.15, -0.1) is 0 Å². The van der Waals surface area contributed by atoms with Crippen molar-refractivity contribution in [3.63, 3.8) is 0 Å². The predicted molar refractivity (Wildman–Crippen MR) is 104 cm³/mol. The number of aliphatic imine (C=N–C) groups is 1. The van der Waals surface area contributed by atoms with Crippen LogP contribution < -0.4 is 3.61 Å². The van der Waals surface area contributed by atoms with Gasteiger partial charge in [-0.1, -0.05) is 0 Å². The van der Waals surface area contributed by atoms with Crippen LogP contribution >= 0.6 is 0 Å². The molecule has 0 saturated carbocycles. The van der Waals surface area contributed by atoms with E-state index in [0.29, 0.717) is 6.42 Å². The van der Waals surface area contributed by atoms with E-state index < -0.39 is 20.9 Å². The summed E-state index contributed by atoms with van der Waals surface area (Å²) in [5, 5.41) is 0. The number of nitrogens with zero attached hydrogens (tertiary/aromatic N) is 1. The number of benzene rings is 2. The Hall–Kier alpha value is -1.43. The van der Waals surface area contributed by atoms with Gasteiger partial charge in [-0.3, -0.25) is 0 Å². The van der Waals surface area contributed by atoms with E-state index >= 15 is 0 Å². The Morgan fingerprint density at radius 3 is 2.21 bits per heavy atom. The molecule has 0 unspecified atom stereocenters. The van der Waals surface area contributed by atoms with Gasteiger partial charge < -0.3 is 0 Å². The van der Waals surface area contributed by atoms with Crippen LogP contribution in [0.5, 0.6) is 0 Å². The fraction of sp³-hybridized carbons (Fsp3) is 0.333. The number of carbonyl (C=O) groups is 1. The average molecular weight is 435 g/mol. The third-order valence-electron chi connectivity index (χ3n) is 3.88. The van der Waals surface area contributed by atoms with Gasteiger partial charge in [0.2, 0.25) is 0 Å². The molecule has 0 aliphatic rings. The third kappa shape index (κ3) is 5.30. The van der Waals surface area contributed by atoms with Crippen LogP contribution in [0.3, 0.4) is 0 Å². The van der Waals surface area contributed by atoms with E-state index in [9.17, 15) is 4.79 Å². The van der Waals surface area contributed by atoms with E-state index in [-0.39, 0.29) is 5.78 Å².